The molecule has 0 unspecified atom stereocenters. The van der Waals surface area contributed by atoms with Crippen molar-refractivity contribution < 1.29 is 4.74 Å². The first-order valence-electron chi connectivity index (χ1n) is 7.93. The zero-order valence-corrected chi connectivity index (χ0v) is 15.8. The van der Waals surface area contributed by atoms with Crippen LogP contribution < -0.4 is 9.64 Å². The first-order valence-corrected chi connectivity index (χ1v) is 9.54. The molecule has 0 radical (unpaired) electrons. The van der Waals surface area contributed by atoms with Crippen LogP contribution in [0.2, 0.25) is 0 Å². The molecule has 0 N–H and O–H groups in total. The maximum atomic E-state index is 5.75. The number of aromatic nitrogens is 3. The summed E-state index contributed by atoms with van der Waals surface area (Å²) in [6.45, 7) is 7.23. The largest absolute Gasteiger partial charge is 0.476 e. The topological polar surface area (TPSA) is 51.1 Å². The molecule has 0 amide bonds. The van der Waals surface area contributed by atoms with Crippen molar-refractivity contribution in [3.05, 3.63) is 28.2 Å². The minimum absolute atomic E-state index is 0.506. The van der Waals surface area contributed by atoms with Crippen LogP contribution in [0.1, 0.15) is 37.6 Å². The second-order valence-electron chi connectivity index (χ2n) is 6.11. The molecule has 1 aliphatic heterocycles. The van der Waals surface area contributed by atoms with E-state index in [2.05, 4.69) is 49.6 Å². The highest BCUT2D eigenvalue weighted by atomic mass is 79.9. The van der Waals surface area contributed by atoms with E-state index in [4.69, 9.17) is 4.74 Å². The molecule has 23 heavy (non-hydrogen) atoms. The van der Waals surface area contributed by atoms with Gasteiger partial charge in [0.25, 0.3) is 0 Å². The van der Waals surface area contributed by atoms with Gasteiger partial charge in [0.15, 0.2) is 0 Å². The molecule has 7 heteroatoms. The zero-order chi connectivity index (χ0) is 16.2. The fourth-order valence-corrected chi connectivity index (χ4v) is 3.77. The SMILES string of the molecule is CC(C)c1ncc(N2CCC(COc3cnc(Br)cn3)CC2)s1. The van der Waals surface area contributed by atoms with Crippen LogP contribution in [-0.2, 0) is 0 Å². The van der Waals surface area contributed by atoms with Crippen LogP contribution in [0, 0.1) is 5.92 Å². The van der Waals surface area contributed by atoms with E-state index in [9.17, 15) is 0 Å². The van der Waals surface area contributed by atoms with E-state index >= 15 is 0 Å². The predicted molar refractivity (Wildman–Crippen MR) is 96.4 cm³/mol. The monoisotopic (exact) mass is 396 g/mol. The Labute approximate surface area is 149 Å². The van der Waals surface area contributed by atoms with Crippen molar-refractivity contribution in [1.29, 1.82) is 0 Å². The van der Waals surface area contributed by atoms with Crippen molar-refractivity contribution in [3.63, 3.8) is 0 Å². The number of rotatable bonds is 5. The van der Waals surface area contributed by atoms with Gasteiger partial charge in [-0.15, -0.1) is 11.3 Å². The molecular weight excluding hydrogens is 376 g/mol. The number of thiazole rings is 1. The van der Waals surface area contributed by atoms with Gasteiger partial charge in [-0.25, -0.2) is 15.0 Å². The van der Waals surface area contributed by atoms with Crippen LogP contribution in [0.15, 0.2) is 23.2 Å². The van der Waals surface area contributed by atoms with Crippen molar-refractivity contribution in [2.75, 3.05) is 24.6 Å². The summed E-state index contributed by atoms with van der Waals surface area (Å²) in [5, 5.41) is 2.52. The summed E-state index contributed by atoms with van der Waals surface area (Å²) in [5.41, 5.74) is 0. The standard InChI is InChI=1S/C16H21BrN4OS/c1-11(2)16-20-9-15(23-16)21-5-3-12(4-6-21)10-22-14-8-18-13(17)7-19-14/h7-9,11-12H,3-6,10H2,1-2H3. The van der Waals surface area contributed by atoms with Crippen LogP contribution in [0.4, 0.5) is 5.00 Å². The molecule has 2 aromatic rings. The summed E-state index contributed by atoms with van der Waals surface area (Å²) >= 11 is 5.09. The lowest BCUT2D eigenvalue weighted by Crippen LogP contribution is -2.35. The van der Waals surface area contributed by atoms with E-state index in [1.54, 1.807) is 12.4 Å². The molecule has 1 aliphatic rings. The molecular formula is C16H21BrN4OS. The summed E-state index contributed by atoms with van der Waals surface area (Å²) in [6, 6.07) is 0. The highest BCUT2D eigenvalue weighted by Crippen LogP contribution is 2.31. The quantitative estimate of drug-likeness (QED) is 0.760. The molecule has 0 atom stereocenters. The average molecular weight is 397 g/mol. The minimum atomic E-state index is 0.506. The van der Waals surface area contributed by atoms with Crippen molar-refractivity contribution in [2.45, 2.75) is 32.6 Å². The molecule has 1 saturated heterocycles. The Bertz CT molecular complexity index is 623. The Morgan fingerprint density at radius 1 is 1.22 bits per heavy atom. The predicted octanol–water partition coefficient (Wildman–Crippen LogP) is 4.11. The number of anilines is 1. The maximum Gasteiger partial charge on any atom is 0.232 e. The highest BCUT2D eigenvalue weighted by Gasteiger charge is 2.22. The summed E-state index contributed by atoms with van der Waals surface area (Å²) in [5.74, 6) is 1.68. The van der Waals surface area contributed by atoms with Crippen LogP contribution in [0.25, 0.3) is 0 Å². The Hall–Kier alpha value is -1.21. The van der Waals surface area contributed by atoms with Gasteiger partial charge in [0.2, 0.25) is 5.88 Å². The normalized spacial score (nSPS) is 16.1. The van der Waals surface area contributed by atoms with Gasteiger partial charge in [-0.1, -0.05) is 13.8 Å². The maximum absolute atomic E-state index is 5.75. The van der Waals surface area contributed by atoms with E-state index in [-0.39, 0.29) is 0 Å². The Balaban J connectivity index is 1.47. The van der Waals surface area contributed by atoms with Gasteiger partial charge in [-0.2, -0.15) is 0 Å². The van der Waals surface area contributed by atoms with Crippen molar-refractivity contribution in [1.82, 2.24) is 15.0 Å². The van der Waals surface area contributed by atoms with Crippen LogP contribution >= 0.6 is 27.3 Å². The smallest absolute Gasteiger partial charge is 0.232 e. The Kier molecular flexibility index (Phi) is 5.48. The molecule has 0 saturated carbocycles. The van der Waals surface area contributed by atoms with E-state index in [1.165, 1.54) is 10.0 Å². The van der Waals surface area contributed by atoms with Crippen molar-refractivity contribution >= 4 is 32.3 Å². The summed E-state index contributed by atoms with van der Waals surface area (Å²) in [6.07, 6.45) is 7.62. The second kappa shape index (κ2) is 7.57. The Morgan fingerprint density at radius 3 is 2.61 bits per heavy atom. The molecule has 3 heterocycles. The lowest BCUT2D eigenvalue weighted by molar-refractivity contribution is 0.215. The third-order valence-electron chi connectivity index (χ3n) is 4.00. The molecule has 0 bridgehead atoms. The van der Waals surface area contributed by atoms with Crippen molar-refractivity contribution in [2.24, 2.45) is 5.92 Å². The third-order valence-corrected chi connectivity index (χ3v) is 5.76. The van der Waals surface area contributed by atoms with Crippen molar-refractivity contribution in [3.8, 4) is 5.88 Å². The van der Waals surface area contributed by atoms with Crippen LogP contribution in [0.5, 0.6) is 5.88 Å². The van der Waals surface area contributed by atoms with Gasteiger partial charge in [0.05, 0.1) is 30.2 Å². The van der Waals surface area contributed by atoms with Gasteiger partial charge < -0.3 is 9.64 Å². The number of piperidine rings is 1. The van der Waals surface area contributed by atoms with E-state index < -0.39 is 0 Å². The van der Waals surface area contributed by atoms with Gasteiger partial charge in [-0.05, 0) is 34.7 Å². The lowest BCUT2D eigenvalue weighted by Gasteiger charge is -2.32. The first-order chi connectivity index (χ1) is 11.1. The van der Waals surface area contributed by atoms with E-state index in [0.717, 1.165) is 30.5 Å². The van der Waals surface area contributed by atoms with Crippen LogP contribution in [0.3, 0.4) is 0 Å². The summed E-state index contributed by atoms with van der Waals surface area (Å²) in [4.78, 5) is 15.3. The van der Waals surface area contributed by atoms with Gasteiger partial charge >= 0.3 is 0 Å². The van der Waals surface area contributed by atoms with Gasteiger partial charge in [-0.3, -0.25) is 0 Å². The van der Waals surface area contributed by atoms with Gasteiger partial charge in [0, 0.05) is 19.0 Å². The highest BCUT2D eigenvalue weighted by molar-refractivity contribution is 9.10. The Morgan fingerprint density at radius 2 is 2.00 bits per heavy atom. The first kappa shape index (κ1) is 16.6. The summed E-state index contributed by atoms with van der Waals surface area (Å²) < 4.78 is 6.48. The molecule has 1 fully saturated rings. The number of hydrogen-bond donors (Lipinski definition) is 0. The zero-order valence-electron chi connectivity index (χ0n) is 13.4. The third kappa shape index (κ3) is 4.41. The van der Waals surface area contributed by atoms with E-state index in [1.807, 2.05) is 17.5 Å². The lowest BCUT2D eigenvalue weighted by atomic mass is 9.98. The second-order valence-corrected chi connectivity index (χ2v) is 7.96. The fourth-order valence-electron chi connectivity index (χ4n) is 2.59. The summed E-state index contributed by atoms with van der Waals surface area (Å²) in [7, 11) is 0. The molecule has 0 aromatic carbocycles. The van der Waals surface area contributed by atoms with Gasteiger partial charge in [0.1, 0.15) is 9.60 Å². The van der Waals surface area contributed by atoms with Crippen LogP contribution in [-0.4, -0.2) is 34.6 Å². The molecule has 124 valence electrons. The molecule has 0 aliphatic carbocycles. The minimum Gasteiger partial charge on any atom is -0.476 e. The molecule has 0 spiro atoms. The molecule has 2 aromatic heterocycles. The fraction of sp³-hybridized carbons (Fsp3) is 0.562. The average Bonchev–Trinajstić information content (AvgIpc) is 3.05. The number of hydrogen-bond acceptors (Lipinski definition) is 6. The number of nitrogens with zero attached hydrogens (tertiary/aromatic N) is 4. The van der Waals surface area contributed by atoms with E-state index in [0.29, 0.717) is 24.3 Å². The molecule has 3 rings (SSSR count). The molecule has 5 nitrogen and oxygen atoms in total. The number of halogens is 1. The number of ether oxygens (including phenoxy) is 1.